The molecule has 2 N–H and O–H groups in total. The number of aromatic nitrogens is 4. The first kappa shape index (κ1) is 11.9. The van der Waals surface area contributed by atoms with E-state index >= 15 is 0 Å². The molecule has 0 aliphatic heterocycles. The average Bonchev–Trinajstić information content (AvgIpc) is 2.76. The number of nitrogens with zero attached hydrogens (tertiary/aromatic N) is 4. The Kier molecular flexibility index (Phi) is 2.64. The highest BCUT2D eigenvalue weighted by Crippen LogP contribution is 2.23. The Bertz CT molecular complexity index is 778. The number of hydrogen-bond acceptors (Lipinski definition) is 4. The number of anilines is 1. The van der Waals surface area contributed by atoms with Crippen LogP contribution in [0.4, 0.5) is 5.69 Å². The summed E-state index contributed by atoms with van der Waals surface area (Å²) in [5.74, 6) is 0.547. The van der Waals surface area contributed by atoms with Crippen LogP contribution >= 0.6 is 11.6 Å². The molecule has 0 aliphatic rings. The fourth-order valence-electron chi connectivity index (χ4n) is 1.99. The molecule has 0 aliphatic carbocycles. The fraction of sp³-hybridized carbons (Fsp3) is 0.154. The molecule has 2 heterocycles. The topological polar surface area (TPSA) is 69.6 Å². The SMILES string of the molecule is Cc1cc2ncn(-c3nc(Cl)ncc3N)c2cc1C. The van der Waals surface area contributed by atoms with Crippen molar-refractivity contribution in [1.82, 2.24) is 19.5 Å². The molecule has 0 saturated heterocycles. The summed E-state index contributed by atoms with van der Waals surface area (Å²) in [6.45, 7) is 4.12. The first-order chi connectivity index (χ1) is 9.06. The number of benzene rings is 1. The quantitative estimate of drug-likeness (QED) is 0.692. The molecule has 5 nitrogen and oxygen atoms in total. The van der Waals surface area contributed by atoms with Crippen molar-refractivity contribution in [2.45, 2.75) is 13.8 Å². The monoisotopic (exact) mass is 273 g/mol. The smallest absolute Gasteiger partial charge is 0.224 e. The van der Waals surface area contributed by atoms with E-state index in [1.54, 1.807) is 6.33 Å². The second kappa shape index (κ2) is 4.20. The van der Waals surface area contributed by atoms with Crippen molar-refractivity contribution in [3.8, 4) is 5.82 Å². The van der Waals surface area contributed by atoms with E-state index in [1.165, 1.54) is 17.3 Å². The van der Waals surface area contributed by atoms with Gasteiger partial charge in [-0.2, -0.15) is 4.98 Å². The minimum Gasteiger partial charge on any atom is -0.394 e. The number of rotatable bonds is 1. The predicted octanol–water partition coefficient (Wildman–Crippen LogP) is 2.67. The van der Waals surface area contributed by atoms with Gasteiger partial charge < -0.3 is 5.73 Å². The molecule has 1 aromatic carbocycles. The van der Waals surface area contributed by atoms with Crippen molar-refractivity contribution in [2.75, 3.05) is 5.73 Å². The zero-order valence-electron chi connectivity index (χ0n) is 10.6. The van der Waals surface area contributed by atoms with Crippen LogP contribution in [0.2, 0.25) is 5.28 Å². The van der Waals surface area contributed by atoms with Crippen LogP contribution in [0.3, 0.4) is 0 Å². The normalized spacial score (nSPS) is 11.1. The maximum Gasteiger partial charge on any atom is 0.224 e. The van der Waals surface area contributed by atoms with Gasteiger partial charge in [0, 0.05) is 0 Å². The minimum atomic E-state index is 0.162. The molecule has 0 fully saturated rings. The molecule has 6 heteroatoms. The molecule has 3 aromatic rings. The van der Waals surface area contributed by atoms with Gasteiger partial charge >= 0.3 is 0 Å². The van der Waals surface area contributed by atoms with Crippen LogP contribution in [0, 0.1) is 13.8 Å². The number of hydrogen-bond donors (Lipinski definition) is 1. The van der Waals surface area contributed by atoms with E-state index in [0.717, 1.165) is 11.0 Å². The number of nitrogen functional groups attached to an aromatic ring is 1. The summed E-state index contributed by atoms with van der Waals surface area (Å²) < 4.78 is 1.82. The van der Waals surface area contributed by atoms with Crippen LogP contribution in [0.25, 0.3) is 16.9 Å². The van der Waals surface area contributed by atoms with Crippen LogP contribution in [0.5, 0.6) is 0 Å². The van der Waals surface area contributed by atoms with Crippen LogP contribution < -0.4 is 5.73 Å². The minimum absolute atomic E-state index is 0.162. The molecule has 3 rings (SSSR count). The van der Waals surface area contributed by atoms with Crippen molar-refractivity contribution in [2.24, 2.45) is 0 Å². The van der Waals surface area contributed by atoms with E-state index < -0.39 is 0 Å². The van der Waals surface area contributed by atoms with E-state index in [2.05, 4.69) is 34.9 Å². The molecule has 0 bridgehead atoms. The van der Waals surface area contributed by atoms with E-state index in [1.807, 2.05) is 10.6 Å². The Hall–Kier alpha value is -2.14. The van der Waals surface area contributed by atoms with Crippen LogP contribution in [0.1, 0.15) is 11.1 Å². The number of imidazole rings is 1. The fourth-order valence-corrected chi connectivity index (χ4v) is 2.12. The van der Waals surface area contributed by atoms with E-state index in [0.29, 0.717) is 11.5 Å². The largest absolute Gasteiger partial charge is 0.394 e. The highest BCUT2D eigenvalue weighted by Gasteiger charge is 2.11. The zero-order valence-corrected chi connectivity index (χ0v) is 11.3. The van der Waals surface area contributed by atoms with Gasteiger partial charge in [-0.1, -0.05) is 0 Å². The first-order valence-corrected chi connectivity index (χ1v) is 6.17. The van der Waals surface area contributed by atoms with Gasteiger partial charge in [-0.15, -0.1) is 0 Å². The summed E-state index contributed by atoms with van der Waals surface area (Å²) in [6, 6.07) is 4.10. The maximum atomic E-state index is 5.91. The lowest BCUT2D eigenvalue weighted by Crippen LogP contribution is -2.03. The second-order valence-electron chi connectivity index (χ2n) is 4.46. The molecular formula is C13H12ClN5. The van der Waals surface area contributed by atoms with Crippen molar-refractivity contribution < 1.29 is 0 Å². The second-order valence-corrected chi connectivity index (χ2v) is 4.80. The molecule has 0 amide bonds. The third kappa shape index (κ3) is 1.92. The van der Waals surface area contributed by atoms with E-state index in [4.69, 9.17) is 17.3 Å². The predicted molar refractivity (Wildman–Crippen MR) is 75.6 cm³/mol. The lowest BCUT2D eigenvalue weighted by Gasteiger charge is -2.07. The van der Waals surface area contributed by atoms with Gasteiger partial charge in [0.25, 0.3) is 0 Å². The van der Waals surface area contributed by atoms with Crippen molar-refractivity contribution in [3.05, 3.63) is 41.1 Å². The number of aryl methyl sites for hydroxylation is 2. The average molecular weight is 274 g/mol. The summed E-state index contributed by atoms with van der Waals surface area (Å²) >= 11 is 5.83. The first-order valence-electron chi connectivity index (χ1n) is 5.79. The van der Waals surface area contributed by atoms with Crippen LogP contribution in [-0.4, -0.2) is 19.5 Å². The summed E-state index contributed by atoms with van der Waals surface area (Å²) in [5.41, 5.74) is 10.6. The zero-order chi connectivity index (χ0) is 13.6. The van der Waals surface area contributed by atoms with Gasteiger partial charge in [0.1, 0.15) is 6.33 Å². The van der Waals surface area contributed by atoms with Crippen LogP contribution in [0.15, 0.2) is 24.7 Å². The van der Waals surface area contributed by atoms with Gasteiger partial charge in [-0.3, -0.25) is 4.57 Å². The highest BCUT2D eigenvalue weighted by molar-refractivity contribution is 6.28. The van der Waals surface area contributed by atoms with Crippen molar-refractivity contribution in [3.63, 3.8) is 0 Å². The molecule has 2 aromatic heterocycles. The molecule has 0 atom stereocenters. The van der Waals surface area contributed by atoms with Gasteiger partial charge in [-0.05, 0) is 48.7 Å². The Balaban J connectivity index is 2.31. The lowest BCUT2D eigenvalue weighted by molar-refractivity contribution is 1.000. The Morgan fingerprint density at radius 1 is 1.16 bits per heavy atom. The molecule has 0 spiro atoms. The van der Waals surface area contributed by atoms with Gasteiger partial charge in [-0.25, -0.2) is 9.97 Å². The highest BCUT2D eigenvalue weighted by atomic mass is 35.5. The third-order valence-corrected chi connectivity index (χ3v) is 3.34. The maximum absolute atomic E-state index is 5.91. The lowest BCUT2D eigenvalue weighted by atomic mass is 10.1. The van der Waals surface area contributed by atoms with Crippen molar-refractivity contribution in [1.29, 1.82) is 0 Å². The van der Waals surface area contributed by atoms with Gasteiger partial charge in [0.05, 0.1) is 22.9 Å². The standard InChI is InChI=1S/C13H12ClN5/c1-7-3-10-11(4-8(7)2)19(6-17-10)12-9(15)5-16-13(14)18-12/h3-6H,15H2,1-2H3. The molecule has 19 heavy (non-hydrogen) atoms. The number of fused-ring (bicyclic) bond motifs is 1. The van der Waals surface area contributed by atoms with Crippen molar-refractivity contribution >= 4 is 28.3 Å². The Morgan fingerprint density at radius 2 is 1.89 bits per heavy atom. The van der Waals surface area contributed by atoms with Gasteiger partial charge in [0.15, 0.2) is 5.82 Å². The number of nitrogens with two attached hydrogens (primary N) is 1. The summed E-state index contributed by atoms with van der Waals surface area (Å²) in [6.07, 6.45) is 3.19. The third-order valence-electron chi connectivity index (χ3n) is 3.16. The summed E-state index contributed by atoms with van der Waals surface area (Å²) in [4.78, 5) is 12.4. The number of halogens is 1. The Labute approximate surface area is 115 Å². The molecule has 96 valence electrons. The summed E-state index contributed by atoms with van der Waals surface area (Å²) in [5, 5.41) is 0.162. The van der Waals surface area contributed by atoms with Crippen LogP contribution in [-0.2, 0) is 0 Å². The molecule has 0 radical (unpaired) electrons. The Morgan fingerprint density at radius 3 is 2.68 bits per heavy atom. The summed E-state index contributed by atoms with van der Waals surface area (Å²) in [7, 11) is 0. The molecule has 0 saturated carbocycles. The molecule has 0 unspecified atom stereocenters. The van der Waals surface area contributed by atoms with Gasteiger partial charge in [0.2, 0.25) is 5.28 Å². The van der Waals surface area contributed by atoms with E-state index in [9.17, 15) is 0 Å². The van der Waals surface area contributed by atoms with E-state index in [-0.39, 0.29) is 5.28 Å². The molecular weight excluding hydrogens is 262 g/mol.